The van der Waals surface area contributed by atoms with E-state index < -0.39 is 10.0 Å². The van der Waals surface area contributed by atoms with E-state index in [1.165, 1.54) is 54.6 Å². The van der Waals surface area contributed by atoms with Gasteiger partial charge >= 0.3 is 0 Å². The zero-order valence-electron chi connectivity index (χ0n) is 22.0. The van der Waals surface area contributed by atoms with Crippen molar-refractivity contribution in [2.75, 3.05) is 15.8 Å². The molecule has 14 heteroatoms. The summed E-state index contributed by atoms with van der Waals surface area (Å²) < 4.78 is 30.7. The minimum atomic E-state index is -3.90. The lowest BCUT2D eigenvalue weighted by Gasteiger charge is -2.14. The van der Waals surface area contributed by atoms with Crippen LogP contribution in [-0.2, 0) is 14.8 Å². The maximum Gasteiger partial charge on any atom is 0.265 e. The molecule has 1 atom stereocenters. The smallest absolute Gasteiger partial charge is 0.265 e. The second kappa shape index (κ2) is 10.4. The lowest BCUT2D eigenvalue weighted by molar-refractivity contribution is -0.116. The number of aryl methyl sites for hydroxylation is 2. The first-order valence-corrected chi connectivity index (χ1v) is 15.1. The first-order valence-electron chi connectivity index (χ1n) is 12.6. The van der Waals surface area contributed by atoms with Crippen molar-refractivity contribution < 1.29 is 13.2 Å². The van der Waals surface area contributed by atoms with Gasteiger partial charge in [0.25, 0.3) is 15.6 Å². The summed E-state index contributed by atoms with van der Waals surface area (Å²) in [6.07, 6.45) is 4.42. The Kier molecular flexibility index (Phi) is 6.79. The van der Waals surface area contributed by atoms with Gasteiger partial charge in [0, 0.05) is 30.3 Å². The van der Waals surface area contributed by atoms with E-state index in [9.17, 15) is 18.0 Å². The van der Waals surface area contributed by atoms with Crippen molar-refractivity contribution in [3.05, 3.63) is 88.6 Å². The Morgan fingerprint density at radius 2 is 1.83 bits per heavy atom. The van der Waals surface area contributed by atoms with E-state index in [4.69, 9.17) is 4.98 Å². The summed E-state index contributed by atoms with van der Waals surface area (Å²) in [4.78, 5) is 38.8. The molecule has 1 amide bonds. The van der Waals surface area contributed by atoms with Crippen molar-refractivity contribution in [3.8, 4) is 5.69 Å². The standard InChI is InChI=1S/C27H24N8O4S2/c1-16-4-7-19(12-17(16)2)35-24-22(14-30-35)25(37)34-20(15-40-27(34)32-24)13-23(36)31-18-5-8-21(9-6-18)41(38,39)33-26-28-10-3-11-29-26/h3-12,14,20H,13,15H2,1-2H3,(H,31,36)(H,28,29,33). The molecule has 2 aromatic carbocycles. The average molecular weight is 589 g/mol. The Morgan fingerprint density at radius 3 is 2.56 bits per heavy atom. The largest absolute Gasteiger partial charge is 0.326 e. The molecule has 208 valence electrons. The second-order valence-corrected chi connectivity index (χ2v) is 12.2. The molecule has 6 rings (SSSR count). The quantitative estimate of drug-likeness (QED) is 0.272. The van der Waals surface area contributed by atoms with Crippen molar-refractivity contribution >= 4 is 50.4 Å². The topological polar surface area (TPSA) is 154 Å². The molecule has 0 saturated heterocycles. The molecule has 1 aliphatic heterocycles. The molecule has 0 radical (unpaired) electrons. The summed E-state index contributed by atoms with van der Waals surface area (Å²) >= 11 is 1.42. The molecular formula is C27H24N8O4S2. The second-order valence-electron chi connectivity index (χ2n) is 9.55. The van der Waals surface area contributed by atoms with Crippen LogP contribution in [0.2, 0.25) is 0 Å². The highest BCUT2D eigenvalue weighted by molar-refractivity contribution is 7.99. The third-order valence-corrected chi connectivity index (χ3v) is 9.21. The SMILES string of the molecule is Cc1ccc(-n2ncc3c(=O)n4c(nc32)SCC4CC(=O)Nc2ccc(S(=O)(=O)Nc3ncccn3)cc2)cc1C. The molecule has 0 saturated carbocycles. The summed E-state index contributed by atoms with van der Waals surface area (Å²) in [5.74, 6) is 0.163. The van der Waals surface area contributed by atoms with Gasteiger partial charge in [-0.3, -0.25) is 14.2 Å². The monoisotopic (exact) mass is 588 g/mol. The van der Waals surface area contributed by atoms with Crippen LogP contribution in [0, 0.1) is 13.8 Å². The maximum absolute atomic E-state index is 13.5. The van der Waals surface area contributed by atoms with Crippen LogP contribution in [0.1, 0.15) is 23.6 Å². The van der Waals surface area contributed by atoms with Gasteiger partial charge in [-0.2, -0.15) is 5.10 Å². The van der Waals surface area contributed by atoms with Crippen LogP contribution >= 0.6 is 11.8 Å². The molecule has 1 unspecified atom stereocenters. The fourth-order valence-corrected chi connectivity index (χ4v) is 6.59. The fourth-order valence-electron chi connectivity index (χ4n) is 4.50. The molecule has 0 bridgehead atoms. The van der Waals surface area contributed by atoms with Crippen LogP contribution in [0.3, 0.4) is 0 Å². The van der Waals surface area contributed by atoms with Gasteiger partial charge in [-0.25, -0.2) is 32.8 Å². The van der Waals surface area contributed by atoms with Gasteiger partial charge in [0.1, 0.15) is 5.39 Å². The van der Waals surface area contributed by atoms with Crippen molar-refractivity contribution in [2.24, 2.45) is 0 Å². The van der Waals surface area contributed by atoms with Crippen molar-refractivity contribution in [1.29, 1.82) is 0 Å². The zero-order chi connectivity index (χ0) is 28.7. The number of aromatic nitrogens is 6. The van der Waals surface area contributed by atoms with E-state index in [1.54, 1.807) is 15.3 Å². The van der Waals surface area contributed by atoms with E-state index in [2.05, 4.69) is 25.1 Å². The zero-order valence-corrected chi connectivity index (χ0v) is 23.6. The number of hydrogen-bond acceptors (Lipinski definition) is 9. The van der Waals surface area contributed by atoms with Gasteiger partial charge in [-0.05, 0) is 67.4 Å². The number of thioether (sulfide) groups is 1. The molecule has 3 aromatic heterocycles. The van der Waals surface area contributed by atoms with Crippen LogP contribution in [0.15, 0.2) is 82.0 Å². The van der Waals surface area contributed by atoms with Crippen LogP contribution in [-0.4, -0.2) is 49.4 Å². The van der Waals surface area contributed by atoms with E-state index in [0.29, 0.717) is 27.6 Å². The predicted octanol–water partition coefficient (Wildman–Crippen LogP) is 3.47. The number of nitrogens with one attached hydrogen (secondary N) is 2. The summed E-state index contributed by atoms with van der Waals surface area (Å²) in [5.41, 5.74) is 3.75. The Bertz CT molecular complexity index is 1960. The Hall–Kier alpha value is -4.56. The van der Waals surface area contributed by atoms with Gasteiger partial charge in [0.15, 0.2) is 10.8 Å². The summed E-state index contributed by atoms with van der Waals surface area (Å²) in [5, 5.41) is 8.12. The summed E-state index contributed by atoms with van der Waals surface area (Å²) in [6, 6.07) is 12.9. The van der Waals surface area contributed by atoms with Crippen molar-refractivity contribution in [1.82, 2.24) is 29.3 Å². The minimum Gasteiger partial charge on any atom is -0.326 e. The number of anilines is 2. The molecule has 0 fully saturated rings. The third kappa shape index (κ3) is 5.18. The number of hydrogen-bond donors (Lipinski definition) is 2. The highest BCUT2D eigenvalue weighted by Crippen LogP contribution is 2.33. The number of benzene rings is 2. The molecule has 1 aliphatic rings. The van der Waals surface area contributed by atoms with E-state index >= 15 is 0 Å². The number of carbonyl (C=O) groups excluding carboxylic acids is 1. The highest BCUT2D eigenvalue weighted by Gasteiger charge is 2.30. The number of rotatable bonds is 7. The van der Waals surface area contributed by atoms with Crippen LogP contribution in [0.5, 0.6) is 0 Å². The molecule has 0 spiro atoms. The summed E-state index contributed by atoms with van der Waals surface area (Å²) in [6.45, 7) is 4.05. The van der Waals surface area contributed by atoms with Crippen molar-refractivity contribution in [3.63, 3.8) is 0 Å². The third-order valence-electron chi connectivity index (χ3n) is 6.77. The van der Waals surface area contributed by atoms with Gasteiger partial charge < -0.3 is 5.32 Å². The lowest BCUT2D eigenvalue weighted by Crippen LogP contribution is -2.27. The van der Waals surface area contributed by atoms with Crippen LogP contribution < -0.4 is 15.6 Å². The number of fused-ring (bicyclic) bond motifs is 2. The van der Waals surface area contributed by atoms with Crippen LogP contribution in [0.4, 0.5) is 11.6 Å². The molecule has 41 heavy (non-hydrogen) atoms. The number of nitrogens with zero attached hydrogens (tertiary/aromatic N) is 6. The Balaban J connectivity index is 1.17. The highest BCUT2D eigenvalue weighted by atomic mass is 32.2. The van der Waals surface area contributed by atoms with E-state index in [-0.39, 0.29) is 34.8 Å². The van der Waals surface area contributed by atoms with Gasteiger partial charge in [0.05, 0.1) is 22.8 Å². The molecule has 0 aliphatic carbocycles. The average Bonchev–Trinajstić information content (AvgIpc) is 3.56. The molecule has 5 aromatic rings. The minimum absolute atomic E-state index is 0.00735. The lowest BCUT2D eigenvalue weighted by atomic mass is 10.1. The normalized spacial score (nSPS) is 14.6. The number of sulfonamides is 1. The molecule has 4 heterocycles. The van der Waals surface area contributed by atoms with E-state index in [1.807, 2.05) is 32.0 Å². The fraction of sp³-hybridized carbons (Fsp3) is 0.185. The number of amides is 1. The Labute approximate surface area is 238 Å². The van der Waals surface area contributed by atoms with E-state index in [0.717, 1.165) is 16.8 Å². The summed E-state index contributed by atoms with van der Waals surface area (Å²) in [7, 11) is -3.90. The molecule has 12 nitrogen and oxygen atoms in total. The van der Waals surface area contributed by atoms with Crippen molar-refractivity contribution in [2.45, 2.75) is 36.4 Å². The maximum atomic E-state index is 13.5. The first-order chi connectivity index (χ1) is 19.7. The van der Waals surface area contributed by atoms with Gasteiger partial charge in [0.2, 0.25) is 11.9 Å². The van der Waals surface area contributed by atoms with Gasteiger partial charge in [-0.1, -0.05) is 17.8 Å². The first kappa shape index (κ1) is 26.7. The Morgan fingerprint density at radius 1 is 1.07 bits per heavy atom. The molecular weight excluding hydrogens is 564 g/mol. The molecule has 2 N–H and O–H groups in total. The predicted molar refractivity (Wildman–Crippen MR) is 155 cm³/mol. The van der Waals surface area contributed by atoms with Gasteiger partial charge in [-0.15, -0.1) is 0 Å². The number of carbonyl (C=O) groups is 1. The van der Waals surface area contributed by atoms with Crippen LogP contribution in [0.25, 0.3) is 16.7 Å².